The van der Waals surface area contributed by atoms with Gasteiger partial charge in [-0.1, -0.05) is 123 Å². The van der Waals surface area contributed by atoms with Crippen molar-refractivity contribution in [2.75, 3.05) is 0 Å². The Morgan fingerprint density at radius 1 is 0.392 bits per heavy atom. The number of aldehydes is 1. The average Bonchev–Trinajstić information content (AvgIpc) is 4.17. The molecule has 5 saturated carbocycles. The van der Waals surface area contributed by atoms with Gasteiger partial charge in [-0.15, -0.1) is 30.6 Å². The maximum absolute atomic E-state index is 11.1. The quantitative estimate of drug-likeness (QED) is 0.113. The van der Waals surface area contributed by atoms with Crippen LogP contribution in [0.2, 0.25) is 0 Å². The van der Waals surface area contributed by atoms with Gasteiger partial charge in [0.05, 0.1) is 0 Å². The van der Waals surface area contributed by atoms with Crippen LogP contribution in [0, 0.1) is 11.8 Å². The Bertz CT molecular complexity index is 1780. The van der Waals surface area contributed by atoms with Gasteiger partial charge in [0.25, 0.3) is 0 Å². The molecule has 0 aromatic carbocycles. The van der Waals surface area contributed by atoms with Crippen LogP contribution in [-0.2, 0) is 43.2 Å². The molecule has 2 atom stereocenters. The lowest BCUT2D eigenvalue weighted by molar-refractivity contribution is -0.125. The fourth-order valence-corrected chi connectivity index (χ4v) is 10.2. The second-order valence-corrected chi connectivity index (χ2v) is 20.8. The summed E-state index contributed by atoms with van der Waals surface area (Å²) in [6.45, 7) is 3.56. The summed E-state index contributed by atoms with van der Waals surface area (Å²) in [4.78, 5) is 96.8. The van der Waals surface area contributed by atoms with Gasteiger partial charge in [0.2, 0.25) is 0 Å². The molecule has 2 unspecified atom stereocenters. The van der Waals surface area contributed by atoms with E-state index in [1.54, 1.807) is 0 Å². The van der Waals surface area contributed by atoms with Crippen LogP contribution < -0.4 is 0 Å². The van der Waals surface area contributed by atoms with Gasteiger partial charge in [0.15, 0.2) is 5.78 Å². The summed E-state index contributed by atoms with van der Waals surface area (Å²) in [5.74, 6) is 4.37. The lowest BCUT2D eigenvalue weighted by atomic mass is 9.99. The van der Waals surface area contributed by atoms with Gasteiger partial charge in [-0.05, 0) is 153 Å². The number of Topliss-reactive ketones (excluding diaryl/α,β-unsaturated/α-hetero) is 8. The van der Waals surface area contributed by atoms with Gasteiger partial charge in [-0.25, -0.2) is 0 Å². The Kier molecular flexibility index (Phi) is 61.1. The molecule has 9 rings (SSSR count). The predicted octanol–water partition coefficient (Wildman–Crippen LogP) is 20.0. The SMILES string of the molecule is C.C.C.C.C.C1=CCC/C=C\CC1.C=CC/C=C\CCC=O.I.O=C1CC/C=C\CCC1.O=C1CCC2=C1CCC2.O=C1CCC2CCCC12.O=C1CCCC(=O)CCC1.O=C1CCCCC(=O)CC1.O=C1CCCCCCC1.[HH].[HH]. The molecule has 0 saturated heterocycles. The third-order valence-electron chi connectivity index (χ3n) is 14.6. The van der Waals surface area contributed by atoms with Crippen LogP contribution in [-0.4, -0.2) is 52.6 Å². The van der Waals surface area contributed by atoms with Crippen molar-refractivity contribution in [1.82, 2.24) is 0 Å². The third-order valence-corrected chi connectivity index (χ3v) is 14.6. The minimum absolute atomic E-state index is 0. The molecule has 79 heavy (non-hydrogen) atoms. The van der Waals surface area contributed by atoms with Crippen molar-refractivity contribution in [3.63, 3.8) is 0 Å². The van der Waals surface area contributed by atoms with Crippen molar-refractivity contribution < 1.29 is 46.0 Å². The maximum atomic E-state index is 11.1. The molecule has 0 bridgehead atoms. The van der Waals surface area contributed by atoms with E-state index in [1.807, 2.05) is 18.2 Å². The molecule has 9 nitrogen and oxygen atoms in total. The fourth-order valence-electron chi connectivity index (χ4n) is 10.2. The van der Waals surface area contributed by atoms with Crippen LogP contribution in [0.15, 0.2) is 72.4 Å². The van der Waals surface area contributed by atoms with Gasteiger partial charge in [-0.3, -0.25) is 38.4 Å². The Balaban J connectivity index is -0.000000152. The third kappa shape index (κ3) is 45.5. The highest BCUT2D eigenvalue weighted by Gasteiger charge is 2.37. The van der Waals surface area contributed by atoms with Gasteiger partial charge in [0, 0.05) is 105 Å². The van der Waals surface area contributed by atoms with Crippen LogP contribution in [0.5, 0.6) is 0 Å². The van der Waals surface area contributed by atoms with E-state index in [2.05, 4.69) is 43.0 Å². The van der Waals surface area contributed by atoms with Crippen molar-refractivity contribution in [1.29, 1.82) is 0 Å². The summed E-state index contributed by atoms with van der Waals surface area (Å²) in [5.41, 5.74) is 2.66. The minimum Gasteiger partial charge on any atom is -0.303 e. The Labute approximate surface area is 504 Å². The van der Waals surface area contributed by atoms with Gasteiger partial charge >= 0.3 is 0 Å². The molecule has 0 N–H and O–H groups in total. The number of carbonyl (C=O) groups excluding carboxylic acids is 9. The minimum atomic E-state index is 0. The first-order chi connectivity index (χ1) is 35.5. The number of ketones is 8. The normalized spacial score (nSPS) is 22.2. The summed E-state index contributed by atoms with van der Waals surface area (Å²) in [6.07, 6.45) is 59.4. The van der Waals surface area contributed by atoms with E-state index in [0.29, 0.717) is 98.4 Å². The van der Waals surface area contributed by atoms with E-state index in [-0.39, 0.29) is 75.5 Å². The standard InChI is InChI=1S/2C8H12O2.C8H12O.C8H10O.C8H14O.2C8H12O.C8H12.5CH4.HI.2H2/c9-7-3-1-4-8(10)6-2-5-7;9-7-3-1-2-4-8(10)6-5-7;2*9-8-5-4-6-2-1-3-7(6)8;2*9-8-6-4-2-1-3-5-7-8;1-2-3-4-5-6-7-8-9;1-2-4-6-8-7-5-3-1;;;;;;;;/h2*1-6H2;6-7H,1-5H2;1-5H2;1-7H2;1-2H,3-7H2;2,4-5,8H,1,3,6-7H2;1-2,7-8H,3-6H2;5*1H4;3*1H/b;;;;;2-1-;5-4-;2-1-,8-7?;;;;;;;;. The van der Waals surface area contributed by atoms with E-state index >= 15 is 0 Å². The smallest absolute Gasteiger partial charge is 0.159 e. The molecule has 0 aromatic heterocycles. The van der Waals surface area contributed by atoms with Crippen LogP contribution >= 0.6 is 24.0 Å². The second kappa shape index (κ2) is 57.4. The van der Waals surface area contributed by atoms with Crippen molar-refractivity contribution in [3.05, 3.63) is 72.4 Å². The van der Waals surface area contributed by atoms with Crippen LogP contribution in [0.4, 0.5) is 0 Å². The molecule has 10 heteroatoms. The molecule has 0 heterocycles. The molecule has 0 radical (unpaired) electrons. The molecule has 9 aliphatic carbocycles. The molecule has 0 amide bonds. The lowest BCUT2D eigenvalue weighted by Gasteiger charge is -2.05. The highest BCUT2D eigenvalue weighted by atomic mass is 127. The molecule has 9 aliphatic rings. The fraction of sp³-hybridized carbons (Fsp3) is 0.696. The maximum Gasteiger partial charge on any atom is 0.159 e. The van der Waals surface area contributed by atoms with E-state index in [1.165, 1.54) is 94.6 Å². The Morgan fingerprint density at radius 3 is 1.32 bits per heavy atom. The van der Waals surface area contributed by atoms with Crippen LogP contribution in [0.3, 0.4) is 0 Å². The second-order valence-electron chi connectivity index (χ2n) is 20.8. The number of rotatable bonds is 5. The van der Waals surface area contributed by atoms with Gasteiger partial charge in [-0.2, -0.15) is 0 Å². The number of fused-ring (bicyclic) bond motifs is 1. The molecule has 5 fully saturated rings. The number of hydrogen-bond donors (Lipinski definition) is 0. The summed E-state index contributed by atoms with van der Waals surface area (Å²) >= 11 is 0. The van der Waals surface area contributed by atoms with E-state index in [4.69, 9.17) is 0 Å². The number of allylic oxidation sites excluding steroid dienone is 11. The first-order valence-corrected chi connectivity index (χ1v) is 29.0. The summed E-state index contributed by atoms with van der Waals surface area (Å²) in [5, 5.41) is 0. The average molecular weight is 1220 g/mol. The topological polar surface area (TPSA) is 154 Å². The number of hydrogen-bond acceptors (Lipinski definition) is 9. The number of halogens is 1. The van der Waals surface area contributed by atoms with Crippen molar-refractivity contribution in [2.45, 2.75) is 300 Å². The Morgan fingerprint density at radius 2 is 0.823 bits per heavy atom. The first-order valence-electron chi connectivity index (χ1n) is 29.0. The first kappa shape index (κ1) is 84.0. The summed E-state index contributed by atoms with van der Waals surface area (Å²) in [7, 11) is 0. The highest BCUT2D eigenvalue weighted by molar-refractivity contribution is 14.0. The van der Waals surface area contributed by atoms with E-state index < -0.39 is 0 Å². The largest absolute Gasteiger partial charge is 0.303 e. The van der Waals surface area contributed by atoms with Crippen molar-refractivity contribution >= 4 is 76.5 Å². The lowest BCUT2D eigenvalue weighted by Crippen LogP contribution is -2.07. The van der Waals surface area contributed by atoms with Crippen LogP contribution in [0.25, 0.3) is 0 Å². The van der Waals surface area contributed by atoms with Crippen molar-refractivity contribution in [3.8, 4) is 0 Å². The zero-order valence-electron chi connectivity index (χ0n) is 45.7. The van der Waals surface area contributed by atoms with Crippen molar-refractivity contribution in [2.24, 2.45) is 11.8 Å². The summed E-state index contributed by atoms with van der Waals surface area (Å²) in [6, 6.07) is 0. The number of carbonyl (C=O) groups is 9. The van der Waals surface area contributed by atoms with Gasteiger partial charge < -0.3 is 4.79 Å². The predicted molar refractivity (Wildman–Crippen MR) is 349 cm³/mol. The zero-order chi connectivity index (χ0) is 53.0. The highest BCUT2D eigenvalue weighted by Crippen LogP contribution is 2.41. The molecule has 0 spiro atoms. The molecule has 0 aromatic rings. The molecular formula is C69H121IO9. The van der Waals surface area contributed by atoms with Gasteiger partial charge in [0.1, 0.15) is 46.8 Å². The molecule has 0 aliphatic heterocycles. The summed E-state index contributed by atoms with van der Waals surface area (Å²) < 4.78 is 0. The Hall–Kier alpha value is -3.80. The van der Waals surface area contributed by atoms with E-state index in [9.17, 15) is 43.2 Å². The number of unbranched alkanes of at least 4 members (excludes halogenated alkanes) is 1. The molecule has 458 valence electrons. The molecular weight excluding hydrogens is 1100 g/mol. The zero-order valence-corrected chi connectivity index (χ0v) is 48.0. The monoisotopic (exact) mass is 1220 g/mol. The van der Waals surface area contributed by atoms with E-state index in [0.717, 1.165) is 134 Å². The van der Waals surface area contributed by atoms with Crippen LogP contribution in [0.1, 0.15) is 303 Å².